The number of anilines is 1. The molecule has 2 heterocycles. The average Bonchev–Trinajstić information content (AvgIpc) is 2.97. The number of halogens is 3. The summed E-state index contributed by atoms with van der Waals surface area (Å²) in [6.07, 6.45) is -2.07. The summed E-state index contributed by atoms with van der Waals surface area (Å²) in [6.45, 7) is 0.358. The van der Waals surface area contributed by atoms with Crippen molar-refractivity contribution in [3.05, 3.63) is 22.5 Å². The van der Waals surface area contributed by atoms with E-state index in [4.69, 9.17) is 5.73 Å². The lowest BCUT2D eigenvalue weighted by Gasteiger charge is -2.04. The van der Waals surface area contributed by atoms with Crippen molar-refractivity contribution in [1.29, 1.82) is 0 Å². The third-order valence-electron chi connectivity index (χ3n) is 3.12. The van der Waals surface area contributed by atoms with Gasteiger partial charge in [-0.1, -0.05) is 11.3 Å². The van der Waals surface area contributed by atoms with Crippen molar-refractivity contribution < 1.29 is 13.2 Å². The predicted molar refractivity (Wildman–Crippen MR) is 67.2 cm³/mol. The van der Waals surface area contributed by atoms with E-state index in [1.807, 2.05) is 0 Å². The van der Waals surface area contributed by atoms with Gasteiger partial charge in [0, 0.05) is 24.6 Å². The molecular formula is C11H12F3N5S. The number of alkyl halides is 3. The Morgan fingerprint density at radius 1 is 1.35 bits per heavy atom. The van der Waals surface area contributed by atoms with Crippen LogP contribution in [0.2, 0.25) is 0 Å². The molecule has 9 heteroatoms. The molecule has 3 rings (SSSR count). The maximum Gasteiger partial charge on any atom is 0.435 e. The minimum Gasteiger partial charge on any atom is -0.374 e. The minimum atomic E-state index is -4.40. The van der Waals surface area contributed by atoms with Crippen LogP contribution in [0.25, 0.3) is 0 Å². The van der Waals surface area contributed by atoms with E-state index in [1.165, 1.54) is 16.0 Å². The van der Waals surface area contributed by atoms with Crippen molar-refractivity contribution in [2.45, 2.75) is 37.9 Å². The molecule has 0 radical (unpaired) electrons. The average molecular weight is 303 g/mol. The number of nitrogen functional groups attached to an aromatic ring is 1. The molecule has 2 aromatic rings. The van der Waals surface area contributed by atoms with Crippen molar-refractivity contribution in [2.75, 3.05) is 5.73 Å². The summed E-state index contributed by atoms with van der Waals surface area (Å²) < 4.78 is 39.6. The lowest BCUT2D eigenvalue weighted by Crippen LogP contribution is -2.10. The maximum absolute atomic E-state index is 12.7. The summed E-state index contributed by atoms with van der Waals surface area (Å²) in [7, 11) is 0. The number of hydrogen-bond acceptors (Lipinski definition) is 5. The Kier molecular flexibility index (Phi) is 3.15. The number of nitrogens with zero attached hydrogens (tertiary/aromatic N) is 4. The van der Waals surface area contributed by atoms with Crippen LogP contribution < -0.4 is 5.73 Å². The SMILES string of the molecule is Nc1nnc(CCn2nc(C(F)(F)F)cc2C2CC2)s1. The maximum atomic E-state index is 12.7. The second-order valence-electron chi connectivity index (χ2n) is 4.73. The van der Waals surface area contributed by atoms with Gasteiger partial charge >= 0.3 is 6.18 Å². The molecular weight excluding hydrogens is 291 g/mol. The van der Waals surface area contributed by atoms with Gasteiger partial charge < -0.3 is 5.73 Å². The summed E-state index contributed by atoms with van der Waals surface area (Å²) in [6, 6.07) is 1.16. The van der Waals surface area contributed by atoms with Crippen LogP contribution in [0.5, 0.6) is 0 Å². The van der Waals surface area contributed by atoms with Gasteiger partial charge in [-0.2, -0.15) is 18.3 Å². The van der Waals surface area contributed by atoms with Gasteiger partial charge in [0.05, 0.1) is 0 Å². The zero-order chi connectivity index (χ0) is 14.3. The molecule has 20 heavy (non-hydrogen) atoms. The van der Waals surface area contributed by atoms with Crippen molar-refractivity contribution in [1.82, 2.24) is 20.0 Å². The zero-order valence-electron chi connectivity index (χ0n) is 10.4. The summed E-state index contributed by atoms with van der Waals surface area (Å²) in [5.41, 5.74) is 5.31. The Morgan fingerprint density at radius 3 is 2.65 bits per heavy atom. The van der Waals surface area contributed by atoms with E-state index < -0.39 is 11.9 Å². The fourth-order valence-electron chi connectivity index (χ4n) is 2.03. The highest BCUT2D eigenvalue weighted by Gasteiger charge is 2.37. The van der Waals surface area contributed by atoms with Gasteiger partial charge in [0.15, 0.2) is 5.69 Å². The van der Waals surface area contributed by atoms with E-state index in [9.17, 15) is 13.2 Å². The Balaban J connectivity index is 1.79. The molecule has 1 aliphatic rings. The smallest absolute Gasteiger partial charge is 0.374 e. The molecule has 0 saturated heterocycles. The van der Waals surface area contributed by atoms with E-state index in [0.717, 1.165) is 18.9 Å². The fourth-order valence-corrected chi connectivity index (χ4v) is 2.62. The Bertz CT molecular complexity index is 614. The third-order valence-corrected chi connectivity index (χ3v) is 3.93. The first-order chi connectivity index (χ1) is 9.43. The first kappa shape index (κ1) is 13.3. The Morgan fingerprint density at radius 2 is 2.10 bits per heavy atom. The topological polar surface area (TPSA) is 69.6 Å². The molecule has 0 aliphatic heterocycles. The number of nitrogens with two attached hydrogens (primary N) is 1. The van der Waals surface area contributed by atoms with Crippen molar-refractivity contribution in [3.8, 4) is 0 Å². The highest BCUT2D eigenvalue weighted by Crippen LogP contribution is 2.42. The molecule has 2 N–H and O–H groups in total. The highest BCUT2D eigenvalue weighted by atomic mass is 32.1. The van der Waals surface area contributed by atoms with Crippen LogP contribution in [-0.2, 0) is 19.1 Å². The fraction of sp³-hybridized carbons (Fsp3) is 0.545. The number of rotatable bonds is 4. The van der Waals surface area contributed by atoms with Crippen LogP contribution in [0.3, 0.4) is 0 Å². The van der Waals surface area contributed by atoms with Crippen molar-refractivity contribution >= 4 is 16.5 Å². The van der Waals surface area contributed by atoms with Gasteiger partial charge in [0.25, 0.3) is 0 Å². The van der Waals surface area contributed by atoms with E-state index in [-0.39, 0.29) is 5.92 Å². The molecule has 0 aromatic carbocycles. The summed E-state index contributed by atoms with van der Waals surface area (Å²) in [5, 5.41) is 12.3. The Hall–Kier alpha value is -1.64. The molecule has 0 spiro atoms. The summed E-state index contributed by atoms with van der Waals surface area (Å²) in [5.74, 6) is 0.207. The standard InChI is InChI=1S/C11H12F3N5S/c12-11(13,14)8-5-7(6-1-2-6)19(18-8)4-3-9-16-17-10(15)20-9/h5-6H,1-4H2,(H2,15,17). The molecule has 0 atom stereocenters. The van der Waals surface area contributed by atoms with Crippen LogP contribution in [-0.4, -0.2) is 20.0 Å². The molecule has 1 fully saturated rings. The van der Waals surface area contributed by atoms with E-state index >= 15 is 0 Å². The largest absolute Gasteiger partial charge is 0.435 e. The summed E-state index contributed by atoms with van der Waals surface area (Å²) in [4.78, 5) is 0. The first-order valence-corrected chi connectivity index (χ1v) is 6.98. The molecule has 108 valence electrons. The number of aromatic nitrogens is 4. The normalized spacial score (nSPS) is 15.8. The quantitative estimate of drug-likeness (QED) is 0.942. The molecule has 0 unspecified atom stereocenters. The number of aryl methyl sites for hydroxylation is 2. The molecule has 1 aliphatic carbocycles. The van der Waals surface area contributed by atoms with Gasteiger partial charge in [-0.3, -0.25) is 4.68 Å². The predicted octanol–water partition coefficient (Wildman–Crippen LogP) is 2.46. The van der Waals surface area contributed by atoms with Gasteiger partial charge in [-0.15, -0.1) is 10.2 Å². The zero-order valence-corrected chi connectivity index (χ0v) is 11.2. The molecule has 0 amide bonds. The van der Waals surface area contributed by atoms with Crippen LogP contribution >= 0.6 is 11.3 Å². The first-order valence-electron chi connectivity index (χ1n) is 6.16. The lowest BCUT2D eigenvalue weighted by molar-refractivity contribution is -0.141. The van der Waals surface area contributed by atoms with E-state index in [0.29, 0.717) is 28.8 Å². The minimum absolute atomic E-state index is 0.207. The molecule has 1 saturated carbocycles. The lowest BCUT2D eigenvalue weighted by atomic mass is 10.2. The monoisotopic (exact) mass is 303 g/mol. The second-order valence-corrected chi connectivity index (χ2v) is 5.83. The summed E-state index contributed by atoms with van der Waals surface area (Å²) >= 11 is 1.24. The molecule has 5 nitrogen and oxygen atoms in total. The third kappa shape index (κ3) is 2.77. The molecule has 2 aromatic heterocycles. The van der Waals surface area contributed by atoms with Crippen LogP contribution in [0.4, 0.5) is 18.3 Å². The highest BCUT2D eigenvalue weighted by molar-refractivity contribution is 7.15. The second kappa shape index (κ2) is 4.72. The van der Waals surface area contributed by atoms with E-state index in [2.05, 4.69) is 15.3 Å². The number of hydrogen-bond donors (Lipinski definition) is 1. The van der Waals surface area contributed by atoms with Crippen LogP contribution in [0, 0.1) is 0 Å². The van der Waals surface area contributed by atoms with Crippen LogP contribution in [0.15, 0.2) is 6.07 Å². The Labute approximate surface area is 116 Å². The van der Waals surface area contributed by atoms with Gasteiger partial charge in [0.1, 0.15) is 5.01 Å². The van der Waals surface area contributed by atoms with Gasteiger partial charge in [-0.25, -0.2) is 0 Å². The van der Waals surface area contributed by atoms with Gasteiger partial charge in [-0.05, 0) is 18.9 Å². The van der Waals surface area contributed by atoms with Gasteiger partial charge in [0.2, 0.25) is 5.13 Å². The van der Waals surface area contributed by atoms with E-state index in [1.54, 1.807) is 0 Å². The van der Waals surface area contributed by atoms with Crippen molar-refractivity contribution in [2.24, 2.45) is 0 Å². The van der Waals surface area contributed by atoms with Crippen molar-refractivity contribution in [3.63, 3.8) is 0 Å². The van der Waals surface area contributed by atoms with Crippen LogP contribution in [0.1, 0.15) is 35.2 Å². The molecule has 0 bridgehead atoms.